The van der Waals surface area contributed by atoms with Gasteiger partial charge in [-0.3, -0.25) is 14.4 Å². The van der Waals surface area contributed by atoms with Crippen molar-refractivity contribution in [1.29, 1.82) is 0 Å². The van der Waals surface area contributed by atoms with Crippen molar-refractivity contribution in [2.24, 2.45) is 5.92 Å². The predicted molar refractivity (Wildman–Crippen MR) is 110 cm³/mol. The molecule has 0 radical (unpaired) electrons. The Labute approximate surface area is 174 Å². The Bertz CT molecular complexity index is 939. The molecule has 2 heterocycles. The number of anilines is 2. The second kappa shape index (κ2) is 8.86. The number of piperidine rings is 1. The average Bonchev–Trinajstić information content (AvgIpc) is 2.78. The average molecular weight is 409 g/mol. The van der Waals surface area contributed by atoms with E-state index in [1.165, 1.54) is 0 Å². The summed E-state index contributed by atoms with van der Waals surface area (Å²) in [5.74, 6) is 0.179. The van der Waals surface area contributed by atoms with Gasteiger partial charge in [-0.15, -0.1) is 0 Å². The van der Waals surface area contributed by atoms with Crippen LogP contribution in [0.25, 0.3) is 0 Å². The van der Waals surface area contributed by atoms with Crippen molar-refractivity contribution in [3.05, 3.63) is 48.5 Å². The minimum absolute atomic E-state index is 0.0771. The zero-order valence-electron chi connectivity index (χ0n) is 16.4. The van der Waals surface area contributed by atoms with Gasteiger partial charge in [0.1, 0.15) is 11.5 Å². The quantitative estimate of drug-likeness (QED) is 0.755. The number of rotatable bonds is 4. The predicted octanol–water partition coefficient (Wildman–Crippen LogP) is 2.27. The number of hydrogen-bond donors (Lipinski definition) is 2. The van der Waals surface area contributed by atoms with Crippen LogP contribution in [0.5, 0.6) is 11.5 Å². The summed E-state index contributed by atoms with van der Waals surface area (Å²) in [6, 6.07) is 14.5. The van der Waals surface area contributed by atoms with Gasteiger partial charge >= 0.3 is 11.8 Å². The molecule has 0 aliphatic carbocycles. The van der Waals surface area contributed by atoms with Gasteiger partial charge in [0.25, 0.3) is 5.91 Å². The van der Waals surface area contributed by atoms with Gasteiger partial charge in [-0.2, -0.15) is 0 Å². The fourth-order valence-corrected chi connectivity index (χ4v) is 3.51. The molecule has 3 amide bonds. The van der Waals surface area contributed by atoms with Crippen molar-refractivity contribution in [1.82, 2.24) is 4.90 Å². The van der Waals surface area contributed by atoms with Gasteiger partial charge in [-0.05, 0) is 43.0 Å². The Morgan fingerprint density at radius 1 is 1.13 bits per heavy atom. The smallest absolute Gasteiger partial charge is 0.313 e. The van der Waals surface area contributed by atoms with Crippen LogP contribution >= 0.6 is 0 Å². The first-order valence-corrected chi connectivity index (χ1v) is 9.93. The van der Waals surface area contributed by atoms with E-state index in [2.05, 4.69) is 10.6 Å². The number of ether oxygens (including phenoxy) is 2. The maximum Gasteiger partial charge on any atom is 0.313 e. The number of fused-ring (bicyclic) bond motifs is 1. The highest BCUT2D eigenvalue weighted by atomic mass is 16.5. The third-order valence-corrected chi connectivity index (χ3v) is 5.20. The SMILES string of the molecule is O=C1COc2cc(NC(=O)C(=O)N3CCC(COc4ccccc4)CC3)ccc2N1. The number of para-hydroxylation sites is 1. The Balaban J connectivity index is 1.26. The van der Waals surface area contributed by atoms with Crippen molar-refractivity contribution in [3.63, 3.8) is 0 Å². The van der Waals surface area contributed by atoms with Crippen LogP contribution in [0.15, 0.2) is 48.5 Å². The third kappa shape index (κ3) is 4.71. The van der Waals surface area contributed by atoms with E-state index in [0.29, 0.717) is 42.7 Å². The Kier molecular flexibility index (Phi) is 5.83. The fourth-order valence-electron chi connectivity index (χ4n) is 3.51. The molecule has 0 atom stereocenters. The zero-order chi connectivity index (χ0) is 20.9. The van der Waals surface area contributed by atoms with Crippen LogP contribution < -0.4 is 20.1 Å². The fraction of sp³-hybridized carbons (Fsp3) is 0.318. The first-order chi connectivity index (χ1) is 14.6. The second-order valence-corrected chi connectivity index (χ2v) is 7.36. The molecule has 8 nitrogen and oxygen atoms in total. The van der Waals surface area contributed by atoms with E-state index in [1.807, 2.05) is 30.3 Å². The molecule has 0 bridgehead atoms. The molecule has 2 aromatic rings. The zero-order valence-corrected chi connectivity index (χ0v) is 16.4. The number of carbonyl (C=O) groups excluding carboxylic acids is 3. The van der Waals surface area contributed by atoms with Crippen LogP contribution in [0, 0.1) is 5.92 Å². The number of nitrogens with zero attached hydrogens (tertiary/aromatic N) is 1. The van der Waals surface area contributed by atoms with Gasteiger partial charge < -0.3 is 25.0 Å². The minimum Gasteiger partial charge on any atom is -0.493 e. The normalized spacial score (nSPS) is 16.1. The largest absolute Gasteiger partial charge is 0.493 e. The summed E-state index contributed by atoms with van der Waals surface area (Å²) in [7, 11) is 0. The molecule has 156 valence electrons. The highest BCUT2D eigenvalue weighted by molar-refractivity contribution is 6.39. The number of nitrogens with one attached hydrogen (secondary N) is 2. The lowest BCUT2D eigenvalue weighted by Crippen LogP contribution is -2.44. The highest BCUT2D eigenvalue weighted by Crippen LogP contribution is 2.30. The topological polar surface area (TPSA) is 97.0 Å². The summed E-state index contributed by atoms with van der Waals surface area (Å²) in [5.41, 5.74) is 0.977. The first-order valence-electron chi connectivity index (χ1n) is 9.93. The maximum absolute atomic E-state index is 12.5. The molecule has 2 N–H and O–H groups in total. The standard InChI is InChI=1S/C22H23N3O5/c26-20-14-30-19-12-16(6-7-18(19)24-20)23-21(27)22(28)25-10-8-15(9-11-25)13-29-17-4-2-1-3-5-17/h1-7,12,15H,8-11,13-14H2,(H,23,27)(H,24,26). The van der Waals surface area contributed by atoms with Gasteiger partial charge in [0.15, 0.2) is 6.61 Å². The molecule has 4 rings (SSSR count). The molecule has 1 fully saturated rings. The van der Waals surface area contributed by atoms with E-state index in [9.17, 15) is 14.4 Å². The van der Waals surface area contributed by atoms with Crippen LogP contribution in [0.1, 0.15) is 12.8 Å². The van der Waals surface area contributed by atoms with Crippen LogP contribution in [0.4, 0.5) is 11.4 Å². The van der Waals surface area contributed by atoms with E-state index in [-0.39, 0.29) is 12.5 Å². The molecule has 0 unspecified atom stereocenters. The van der Waals surface area contributed by atoms with E-state index in [4.69, 9.17) is 9.47 Å². The maximum atomic E-state index is 12.5. The molecule has 0 aromatic heterocycles. The van der Waals surface area contributed by atoms with Gasteiger partial charge in [0.05, 0.1) is 12.3 Å². The number of hydrogen-bond acceptors (Lipinski definition) is 5. The lowest BCUT2D eigenvalue weighted by Gasteiger charge is -2.31. The summed E-state index contributed by atoms with van der Waals surface area (Å²) in [4.78, 5) is 37.8. The van der Waals surface area contributed by atoms with Crippen LogP contribution in [0.3, 0.4) is 0 Å². The van der Waals surface area contributed by atoms with Gasteiger partial charge in [0.2, 0.25) is 0 Å². The van der Waals surface area contributed by atoms with Crippen molar-refractivity contribution in [2.75, 3.05) is 36.9 Å². The third-order valence-electron chi connectivity index (χ3n) is 5.20. The molecular formula is C22H23N3O5. The van der Waals surface area contributed by atoms with E-state index in [0.717, 1.165) is 18.6 Å². The summed E-state index contributed by atoms with van der Waals surface area (Å²) in [6.07, 6.45) is 1.58. The molecule has 0 saturated carbocycles. The minimum atomic E-state index is -0.686. The van der Waals surface area contributed by atoms with Crippen molar-refractivity contribution >= 4 is 29.1 Å². The Morgan fingerprint density at radius 2 is 1.90 bits per heavy atom. The summed E-state index contributed by atoms with van der Waals surface area (Å²) in [6.45, 7) is 1.57. The van der Waals surface area contributed by atoms with Crippen molar-refractivity contribution < 1.29 is 23.9 Å². The van der Waals surface area contributed by atoms with E-state index < -0.39 is 11.8 Å². The van der Waals surface area contributed by atoms with Gasteiger partial charge in [0, 0.05) is 24.8 Å². The van der Waals surface area contributed by atoms with Crippen molar-refractivity contribution in [2.45, 2.75) is 12.8 Å². The molecule has 8 heteroatoms. The van der Waals surface area contributed by atoms with E-state index >= 15 is 0 Å². The van der Waals surface area contributed by atoms with Crippen LogP contribution in [0.2, 0.25) is 0 Å². The lowest BCUT2D eigenvalue weighted by atomic mass is 9.97. The monoisotopic (exact) mass is 409 g/mol. The number of benzene rings is 2. The second-order valence-electron chi connectivity index (χ2n) is 7.36. The number of amides is 3. The molecule has 0 spiro atoms. The highest BCUT2D eigenvalue weighted by Gasteiger charge is 2.27. The molecule has 2 aliphatic heterocycles. The molecule has 2 aromatic carbocycles. The van der Waals surface area contributed by atoms with Crippen LogP contribution in [-0.4, -0.2) is 48.9 Å². The molecular weight excluding hydrogens is 386 g/mol. The molecule has 30 heavy (non-hydrogen) atoms. The number of carbonyl (C=O) groups is 3. The summed E-state index contributed by atoms with van der Waals surface area (Å²) in [5, 5.41) is 5.29. The lowest BCUT2D eigenvalue weighted by molar-refractivity contribution is -0.144. The summed E-state index contributed by atoms with van der Waals surface area (Å²) < 4.78 is 11.1. The molecule has 1 saturated heterocycles. The number of likely N-dealkylation sites (tertiary alicyclic amines) is 1. The van der Waals surface area contributed by atoms with Crippen molar-refractivity contribution in [3.8, 4) is 11.5 Å². The molecule has 2 aliphatic rings. The Hall–Kier alpha value is -3.55. The van der Waals surface area contributed by atoms with E-state index in [1.54, 1.807) is 23.1 Å². The first kappa shape index (κ1) is 19.8. The van der Waals surface area contributed by atoms with Gasteiger partial charge in [-0.1, -0.05) is 18.2 Å². The van der Waals surface area contributed by atoms with Crippen LogP contribution in [-0.2, 0) is 14.4 Å². The summed E-state index contributed by atoms with van der Waals surface area (Å²) >= 11 is 0. The van der Waals surface area contributed by atoms with Gasteiger partial charge in [-0.25, -0.2) is 0 Å². The Morgan fingerprint density at radius 3 is 2.67 bits per heavy atom.